The number of rotatable bonds is 11. The van der Waals surface area contributed by atoms with Crippen LogP contribution >= 0.6 is 0 Å². The van der Waals surface area contributed by atoms with E-state index in [1.165, 1.54) is 11.8 Å². The summed E-state index contributed by atoms with van der Waals surface area (Å²) in [6, 6.07) is 21.2. The van der Waals surface area contributed by atoms with E-state index in [0.29, 0.717) is 43.4 Å². The van der Waals surface area contributed by atoms with Gasteiger partial charge in [-0.05, 0) is 55.0 Å². The zero-order chi connectivity index (χ0) is 29.2. The first kappa shape index (κ1) is 29.4. The van der Waals surface area contributed by atoms with Gasteiger partial charge in [0.1, 0.15) is 6.10 Å². The van der Waals surface area contributed by atoms with E-state index < -0.39 is 12.1 Å². The maximum Gasteiger partial charge on any atom is 0.312 e. The van der Waals surface area contributed by atoms with E-state index in [9.17, 15) is 9.59 Å². The van der Waals surface area contributed by atoms with Crippen LogP contribution in [0.4, 0.5) is 11.4 Å². The van der Waals surface area contributed by atoms with Gasteiger partial charge in [-0.25, -0.2) is 4.98 Å². The lowest BCUT2D eigenvalue weighted by atomic mass is 9.82. The molecule has 0 radical (unpaired) electrons. The highest BCUT2D eigenvalue weighted by Gasteiger charge is 2.37. The number of carbonyl (C=O) groups excluding carboxylic acids is 2. The van der Waals surface area contributed by atoms with Crippen LogP contribution in [0.5, 0.6) is 5.88 Å². The second kappa shape index (κ2) is 14.2. The number of nitrogens with one attached hydrogen (secondary N) is 2. The minimum atomic E-state index is -0.612. The summed E-state index contributed by atoms with van der Waals surface area (Å²) in [5.41, 5.74) is 3.63. The Morgan fingerprint density at radius 1 is 1.02 bits per heavy atom. The molecular weight excluding hydrogens is 522 g/mol. The second-order valence-electron chi connectivity index (χ2n) is 10.3. The summed E-state index contributed by atoms with van der Waals surface area (Å²) in [7, 11) is 0. The highest BCUT2D eigenvalue weighted by atomic mass is 16.5. The molecule has 4 rings (SSSR count). The van der Waals surface area contributed by atoms with Crippen LogP contribution in [0.2, 0.25) is 0 Å². The Labute approximate surface area is 243 Å². The zero-order valence-electron chi connectivity index (χ0n) is 23.6. The maximum absolute atomic E-state index is 12.6. The van der Waals surface area contributed by atoms with Gasteiger partial charge in [0.25, 0.3) is 5.90 Å². The summed E-state index contributed by atoms with van der Waals surface area (Å²) in [6.07, 6.45) is 2.63. The van der Waals surface area contributed by atoms with Gasteiger partial charge in [-0.2, -0.15) is 0 Å². The number of amides is 1. The number of anilines is 2. The zero-order valence-corrected chi connectivity index (χ0v) is 23.6. The molecule has 0 aliphatic heterocycles. The van der Waals surface area contributed by atoms with Gasteiger partial charge in [-0.15, -0.1) is 5.10 Å². The van der Waals surface area contributed by atoms with E-state index in [4.69, 9.17) is 20.1 Å². The van der Waals surface area contributed by atoms with Crippen LogP contribution in [0.25, 0.3) is 0 Å². The number of pyridine rings is 1. The Morgan fingerprint density at radius 3 is 2.37 bits per heavy atom. The molecule has 10 nitrogen and oxygen atoms in total. The third kappa shape index (κ3) is 8.69. The summed E-state index contributed by atoms with van der Waals surface area (Å²) in [6.45, 7) is 6.37. The lowest BCUT2D eigenvalue weighted by molar-refractivity contribution is -0.154. The number of aromatic nitrogens is 1. The molecule has 1 unspecified atom stereocenters. The molecule has 0 saturated heterocycles. The molecule has 1 aliphatic carbocycles. The number of hydrogen-bond donors (Lipinski definition) is 3. The monoisotopic (exact) mass is 563 g/mol. The van der Waals surface area contributed by atoms with Gasteiger partial charge in [0, 0.05) is 21.0 Å². The first-order valence-corrected chi connectivity index (χ1v) is 13.8. The summed E-state index contributed by atoms with van der Waals surface area (Å²) >= 11 is 0. The van der Waals surface area contributed by atoms with Crippen molar-refractivity contribution >= 4 is 29.1 Å². The molecule has 1 aromatic heterocycles. The number of carbonyl (C=O) groups is 2. The van der Waals surface area contributed by atoms with Crippen LogP contribution in [-0.2, 0) is 25.5 Å². The molecule has 4 N–H and O–H groups in total. The van der Waals surface area contributed by atoms with Crippen LogP contribution in [0.1, 0.15) is 53.5 Å². The molecule has 10 heteroatoms. The standard InChI is InChI=1S/C31H37N5O5.2H2/c1-20(2)23-9-11-25(12-10-23)34-21(3)40-30(36-32)29(37)35-26-13-14-28(33-19-26)41-27-17-24(18-27)31(38)39-16-15-22-7-5-4-6-8-22;;/h4-14,19-21,24,27,34H,15-18,32H2,1-3H3,(H,35,37);2*1H/b36-30-;;. The Morgan fingerprint density at radius 2 is 1.73 bits per heavy atom. The average Bonchev–Trinajstić information content (AvgIpc) is 2.95. The Hall–Kier alpha value is -4.60. The molecule has 1 atom stereocenters. The Balaban J connectivity index is 0.00000323. The topological polar surface area (TPSA) is 137 Å². The number of hydrazone groups is 1. The van der Waals surface area contributed by atoms with Crippen LogP contribution in [0.15, 0.2) is 78.0 Å². The van der Waals surface area contributed by atoms with E-state index in [1.54, 1.807) is 19.1 Å². The van der Waals surface area contributed by atoms with Crippen LogP contribution in [-0.4, -0.2) is 41.7 Å². The van der Waals surface area contributed by atoms with Gasteiger partial charge >= 0.3 is 11.9 Å². The first-order valence-electron chi connectivity index (χ1n) is 13.8. The van der Waals surface area contributed by atoms with Crippen molar-refractivity contribution in [3.05, 3.63) is 84.1 Å². The Kier molecular flexibility index (Phi) is 10.1. The molecular formula is C31H41N5O5. The van der Waals surface area contributed by atoms with E-state index in [-0.39, 0.29) is 26.7 Å². The average molecular weight is 564 g/mol. The van der Waals surface area contributed by atoms with Crippen LogP contribution < -0.4 is 21.2 Å². The molecule has 1 heterocycles. The van der Waals surface area contributed by atoms with Crippen molar-refractivity contribution in [1.82, 2.24) is 4.98 Å². The first-order chi connectivity index (χ1) is 19.8. The van der Waals surface area contributed by atoms with Crippen molar-refractivity contribution in [2.45, 2.75) is 58.3 Å². The molecule has 220 valence electrons. The maximum atomic E-state index is 12.6. The summed E-state index contributed by atoms with van der Waals surface area (Å²) in [4.78, 5) is 29.2. The highest BCUT2D eigenvalue weighted by Crippen LogP contribution is 2.32. The SMILES string of the molecule is CC(Nc1ccc(C(C)C)cc1)O/C(=N\N)C(=O)Nc1ccc(OC2CC(C(=O)OCCc3ccccc3)C2)nc1.[HH].[HH]. The van der Waals surface area contributed by atoms with Gasteiger partial charge in [0.05, 0.1) is 24.4 Å². The molecule has 1 amide bonds. The van der Waals surface area contributed by atoms with Crippen LogP contribution in [0, 0.1) is 5.92 Å². The van der Waals surface area contributed by atoms with E-state index in [1.807, 2.05) is 54.6 Å². The molecule has 0 spiro atoms. The van der Waals surface area contributed by atoms with E-state index in [2.05, 4.69) is 34.6 Å². The number of nitrogens with two attached hydrogens (primary N) is 1. The summed E-state index contributed by atoms with van der Waals surface area (Å²) in [5.74, 6) is 5.00. The minimum Gasteiger partial charge on any atom is -0.474 e. The predicted molar refractivity (Wildman–Crippen MR) is 162 cm³/mol. The van der Waals surface area contributed by atoms with Crippen molar-refractivity contribution in [1.29, 1.82) is 0 Å². The number of nitrogens with zero attached hydrogens (tertiary/aromatic N) is 2. The molecule has 1 aliphatic rings. The van der Waals surface area contributed by atoms with Gasteiger partial charge < -0.3 is 30.7 Å². The quantitative estimate of drug-likeness (QED) is 0.0711. The second-order valence-corrected chi connectivity index (χ2v) is 10.3. The lowest BCUT2D eigenvalue weighted by Crippen LogP contribution is -2.39. The molecule has 0 bridgehead atoms. The number of esters is 1. The fraction of sp³-hybridized carbons (Fsp3) is 0.355. The van der Waals surface area contributed by atoms with Gasteiger partial charge in [-0.3, -0.25) is 9.59 Å². The molecule has 1 fully saturated rings. The normalized spacial score (nSPS) is 17.2. The third-order valence-corrected chi connectivity index (χ3v) is 6.73. The lowest BCUT2D eigenvalue weighted by Gasteiger charge is -2.33. The Bertz CT molecular complexity index is 1320. The molecule has 3 aromatic rings. The molecule has 1 saturated carbocycles. The number of ether oxygens (including phenoxy) is 3. The van der Waals surface area contributed by atoms with E-state index in [0.717, 1.165) is 11.3 Å². The van der Waals surface area contributed by atoms with Gasteiger partial charge in [0.2, 0.25) is 5.88 Å². The van der Waals surface area contributed by atoms with Crippen molar-refractivity contribution in [2.75, 3.05) is 17.2 Å². The third-order valence-electron chi connectivity index (χ3n) is 6.73. The largest absolute Gasteiger partial charge is 0.474 e. The van der Waals surface area contributed by atoms with Gasteiger partial charge in [0.15, 0.2) is 6.23 Å². The number of benzene rings is 2. The summed E-state index contributed by atoms with van der Waals surface area (Å²) < 4.78 is 16.9. The van der Waals surface area contributed by atoms with Crippen molar-refractivity contribution in [3.63, 3.8) is 0 Å². The van der Waals surface area contributed by atoms with Crippen molar-refractivity contribution < 1.29 is 26.7 Å². The fourth-order valence-corrected chi connectivity index (χ4v) is 4.30. The fourth-order valence-electron chi connectivity index (χ4n) is 4.30. The minimum absolute atomic E-state index is 0. The molecule has 2 aromatic carbocycles. The van der Waals surface area contributed by atoms with Gasteiger partial charge in [-0.1, -0.05) is 56.3 Å². The van der Waals surface area contributed by atoms with E-state index >= 15 is 0 Å². The van der Waals surface area contributed by atoms with Crippen molar-refractivity contribution in [2.24, 2.45) is 16.9 Å². The van der Waals surface area contributed by atoms with Crippen molar-refractivity contribution in [3.8, 4) is 5.88 Å². The van der Waals surface area contributed by atoms with Crippen LogP contribution in [0.3, 0.4) is 0 Å². The predicted octanol–water partition coefficient (Wildman–Crippen LogP) is 5.33. The summed E-state index contributed by atoms with van der Waals surface area (Å²) in [5, 5.41) is 9.31. The number of hydrogen-bond acceptors (Lipinski definition) is 9. The highest BCUT2D eigenvalue weighted by molar-refractivity contribution is 6.39. The smallest absolute Gasteiger partial charge is 0.312 e. The molecule has 41 heavy (non-hydrogen) atoms.